The van der Waals surface area contributed by atoms with Gasteiger partial charge in [0.25, 0.3) is 0 Å². The molecule has 0 spiro atoms. The van der Waals surface area contributed by atoms with Gasteiger partial charge in [-0.3, -0.25) is 0 Å². The zero-order valence-electron chi connectivity index (χ0n) is 12.0. The Balaban J connectivity index is 2.08. The molecule has 2 rings (SSSR count). The number of rotatable bonds is 3. The summed E-state index contributed by atoms with van der Waals surface area (Å²) < 4.78 is 27.8. The fourth-order valence-electron chi connectivity index (χ4n) is 2.66. The molecule has 0 radical (unpaired) electrons. The topological polar surface area (TPSA) is 66.4 Å². The van der Waals surface area contributed by atoms with Crippen LogP contribution in [0.4, 0.5) is 0 Å². The third-order valence-corrected chi connectivity index (χ3v) is 3.72. The summed E-state index contributed by atoms with van der Waals surface area (Å²) in [6.07, 6.45) is -0.620. The lowest BCUT2D eigenvalue weighted by Crippen LogP contribution is -2.44. The second-order valence-corrected chi connectivity index (χ2v) is 5.48. The van der Waals surface area contributed by atoms with Crippen molar-refractivity contribution in [1.82, 2.24) is 0 Å². The molecular formula is C13H24O6. The molecule has 2 fully saturated rings. The summed E-state index contributed by atoms with van der Waals surface area (Å²) in [6.45, 7) is 4.15. The maximum Gasteiger partial charge on any atom is 0.181 e. The van der Waals surface area contributed by atoms with Crippen molar-refractivity contribution in [2.45, 2.75) is 63.2 Å². The summed E-state index contributed by atoms with van der Waals surface area (Å²) in [6, 6.07) is 0. The van der Waals surface area contributed by atoms with E-state index in [4.69, 9.17) is 23.7 Å². The van der Waals surface area contributed by atoms with Gasteiger partial charge >= 0.3 is 0 Å². The lowest BCUT2D eigenvalue weighted by Gasteiger charge is -2.30. The lowest BCUT2D eigenvalue weighted by molar-refractivity contribution is -0.231. The molecule has 2 aliphatic rings. The van der Waals surface area contributed by atoms with E-state index in [1.807, 2.05) is 13.8 Å². The Hall–Kier alpha value is -0.240. The number of methoxy groups -OCH3 is 2. The van der Waals surface area contributed by atoms with Crippen molar-refractivity contribution < 1.29 is 28.8 Å². The highest BCUT2D eigenvalue weighted by Crippen LogP contribution is 2.31. The molecule has 2 unspecified atom stereocenters. The standard InChI is InChI=1S/C13H24O6/c1-13(2)17-7-10(19-13)11-8(15-3)5-6-9(16-4)12(14)18-11/h8-12,14H,5-7H2,1-4H3/t8?,9?,10-,11+,12+/m1/s1. The van der Waals surface area contributed by atoms with Crippen molar-refractivity contribution in [3.8, 4) is 0 Å². The normalized spacial score (nSPS) is 43.1. The first kappa shape index (κ1) is 15.2. The molecule has 0 aliphatic carbocycles. The van der Waals surface area contributed by atoms with Crippen molar-refractivity contribution in [2.24, 2.45) is 0 Å². The summed E-state index contributed by atoms with van der Waals surface area (Å²) in [7, 11) is 3.21. The molecule has 2 aliphatic heterocycles. The van der Waals surface area contributed by atoms with Crippen LogP contribution in [-0.4, -0.2) is 62.4 Å². The molecule has 5 atom stereocenters. The first-order chi connectivity index (χ1) is 8.96. The van der Waals surface area contributed by atoms with Crippen molar-refractivity contribution in [3.05, 3.63) is 0 Å². The molecule has 0 bridgehead atoms. The number of aliphatic hydroxyl groups is 1. The van der Waals surface area contributed by atoms with Gasteiger partial charge in [-0.15, -0.1) is 0 Å². The predicted octanol–water partition coefficient (Wildman–Crippen LogP) is 0.665. The van der Waals surface area contributed by atoms with Gasteiger partial charge in [-0.2, -0.15) is 0 Å². The van der Waals surface area contributed by atoms with Crippen LogP contribution in [0.15, 0.2) is 0 Å². The van der Waals surface area contributed by atoms with E-state index in [0.717, 1.165) is 6.42 Å². The third-order valence-electron chi connectivity index (χ3n) is 3.72. The molecule has 2 heterocycles. The molecule has 0 aromatic heterocycles. The molecule has 0 amide bonds. The Kier molecular flexibility index (Phi) is 4.81. The smallest absolute Gasteiger partial charge is 0.181 e. The first-order valence-electron chi connectivity index (χ1n) is 6.67. The zero-order chi connectivity index (χ0) is 14.0. The predicted molar refractivity (Wildman–Crippen MR) is 66.6 cm³/mol. The minimum absolute atomic E-state index is 0.141. The Morgan fingerprint density at radius 2 is 1.74 bits per heavy atom. The molecule has 19 heavy (non-hydrogen) atoms. The maximum absolute atomic E-state index is 10.0. The van der Waals surface area contributed by atoms with Gasteiger partial charge in [0, 0.05) is 14.2 Å². The van der Waals surface area contributed by atoms with E-state index in [2.05, 4.69) is 0 Å². The Labute approximate surface area is 113 Å². The molecular weight excluding hydrogens is 252 g/mol. The second kappa shape index (κ2) is 6.03. The summed E-state index contributed by atoms with van der Waals surface area (Å²) in [5.74, 6) is -0.621. The van der Waals surface area contributed by atoms with Gasteiger partial charge in [0.1, 0.15) is 18.3 Å². The molecule has 6 heteroatoms. The maximum atomic E-state index is 10.0. The molecule has 0 aromatic rings. The Morgan fingerprint density at radius 3 is 2.26 bits per heavy atom. The minimum atomic E-state index is -0.970. The highest BCUT2D eigenvalue weighted by molar-refractivity contribution is 4.88. The highest BCUT2D eigenvalue weighted by Gasteiger charge is 2.44. The van der Waals surface area contributed by atoms with E-state index in [1.54, 1.807) is 14.2 Å². The van der Waals surface area contributed by atoms with E-state index >= 15 is 0 Å². The van der Waals surface area contributed by atoms with Crippen LogP contribution in [-0.2, 0) is 23.7 Å². The van der Waals surface area contributed by atoms with Crippen LogP contribution in [0.25, 0.3) is 0 Å². The number of aliphatic hydroxyl groups excluding tert-OH is 1. The number of hydrogen-bond acceptors (Lipinski definition) is 6. The van der Waals surface area contributed by atoms with Crippen molar-refractivity contribution in [2.75, 3.05) is 20.8 Å². The lowest BCUT2D eigenvalue weighted by atomic mass is 10.0. The van der Waals surface area contributed by atoms with Crippen LogP contribution in [0.1, 0.15) is 26.7 Å². The Bertz CT molecular complexity index is 295. The van der Waals surface area contributed by atoms with E-state index in [-0.39, 0.29) is 24.4 Å². The van der Waals surface area contributed by atoms with Gasteiger partial charge in [0.2, 0.25) is 0 Å². The van der Waals surface area contributed by atoms with E-state index in [9.17, 15) is 5.11 Å². The van der Waals surface area contributed by atoms with Crippen LogP contribution in [0.5, 0.6) is 0 Å². The summed E-state index contributed by atoms with van der Waals surface area (Å²) in [5, 5.41) is 10.0. The summed E-state index contributed by atoms with van der Waals surface area (Å²) in [5.41, 5.74) is 0. The van der Waals surface area contributed by atoms with Crippen LogP contribution < -0.4 is 0 Å². The number of hydrogen-bond donors (Lipinski definition) is 1. The third kappa shape index (κ3) is 3.45. The monoisotopic (exact) mass is 276 g/mol. The molecule has 0 aromatic carbocycles. The first-order valence-corrected chi connectivity index (χ1v) is 6.67. The minimum Gasteiger partial charge on any atom is -0.379 e. The van der Waals surface area contributed by atoms with Crippen LogP contribution in [0.2, 0.25) is 0 Å². The van der Waals surface area contributed by atoms with Gasteiger partial charge in [-0.1, -0.05) is 0 Å². The molecule has 0 saturated carbocycles. The van der Waals surface area contributed by atoms with Gasteiger partial charge < -0.3 is 28.8 Å². The fraction of sp³-hybridized carbons (Fsp3) is 1.00. The van der Waals surface area contributed by atoms with Crippen LogP contribution in [0, 0.1) is 0 Å². The quantitative estimate of drug-likeness (QED) is 0.817. The van der Waals surface area contributed by atoms with Gasteiger partial charge in [-0.25, -0.2) is 0 Å². The summed E-state index contributed by atoms with van der Waals surface area (Å²) in [4.78, 5) is 0. The largest absolute Gasteiger partial charge is 0.379 e. The van der Waals surface area contributed by atoms with Crippen LogP contribution in [0.3, 0.4) is 0 Å². The molecule has 2 saturated heterocycles. The van der Waals surface area contributed by atoms with Crippen molar-refractivity contribution in [1.29, 1.82) is 0 Å². The molecule has 6 nitrogen and oxygen atoms in total. The molecule has 1 N–H and O–H groups in total. The SMILES string of the molecule is COC1CCC(OC)[C@@H]([C@H]2COC(C)(C)O2)O[C@@H]1O. The average molecular weight is 276 g/mol. The second-order valence-electron chi connectivity index (χ2n) is 5.48. The van der Waals surface area contributed by atoms with E-state index < -0.39 is 12.1 Å². The van der Waals surface area contributed by atoms with E-state index in [0.29, 0.717) is 13.0 Å². The zero-order valence-corrected chi connectivity index (χ0v) is 12.0. The number of ether oxygens (including phenoxy) is 5. The van der Waals surface area contributed by atoms with Crippen molar-refractivity contribution in [3.63, 3.8) is 0 Å². The highest BCUT2D eigenvalue weighted by atomic mass is 16.8. The van der Waals surface area contributed by atoms with Gasteiger partial charge in [0.05, 0.1) is 12.7 Å². The van der Waals surface area contributed by atoms with E-state index in [1.165, 1.54) is 0 Å². The van der Waals surface area contributed by atoms with Gasteiger partial charge in [0.15, 0.2) is 12.1 Å². The molecule has 112 valence electrons. The average Bonchev–Trinajstić information content (AvgIpc) is 2.64. The summed E-state index contributed by atoms with van der Waals surface area (Å²) >= 11 is 0. The van der Waals surface area contributed by atoms with Crippen molar-refractivity contribution >= 4 is 0 Å². The van der Waals surface area contributed by atoms with Crippen LogP contribution >= 0.6 is 0 Å². The Morgan fingerprint density at radius 1 is 1.11 bits per heavy atom. The van der Waals surface area contributed by atoms with Gasteiger partial charge in [-0.05, 0) is 26.7 Å². The fourth-order valence-corrected chi connectivity index (χ4v) is 2.66.